The number of hydrogen-bond acceptors (Lipinski definition) is 9. The Bertz CT molecular complexity index is 1320. The van der Waals surface area contributed by atoms with Crippen LogP contribution in [-0.4, -0.2) is 48.1 Å². The van der Waals surface area contributed by atoms with Crippen LogP contribution in [0, 0.1) is 0 Å². The number of rotatable bonds is 7. The molecule has 0 bridgehead atoms. The summed E-state index contributed by atoms with van der Waals surface area (Å²) in [6, 6.07) is 14.4. The number of nitrogens with zero attached hydrogens (tertiary/aromatic N) is 1. The number of ether oxygens (including phenoxy) is 2. The van der Waals surface area contributed by atoms with E-state index in [1.807, 2.05) is 18.2 Å². The van der Waals surface area contributed by atoms with Gasteiger partial charge in [0.25, 0.3) is 5.91 Å². The molecule has 0 spiro atoms. The maximum Gasteiger partial charge on any atom is 0.348 e. The number of benzene rings is 2. The highest BCUT2D eigenvalue weighted by molar-refractivity contribution is 7.89. The van der Waals surface area contributed by atoms with Gasteiger partial charge in [0.05, 0.1) is 12.0 Å². The van der Waals surface area contributed by atoms with Gasteiger partial charge in [-0.25, -0.2) is 18.7 Å². The van der Waals surface area contributed by atoms with Crippen LogP contribution < -0.4 is 10.2 Å². The summed E-state index contributed by atoms with van der Waals surface area (Å²) in [7, 11) is -2.85. The first-order valence-electron chi connectivity index (χ1n) is 10.4. The van der Waals surface area contributed by atoms with E-state index < -0.39 is 34.0 Å². The quantitative estimate of drug-likeness (QED) is 0.246. The molecule has 4 rings (SSSR count). The fourth-order valence-electron chi connectivity index (χ4n) is 3.74. The van der Waals surface area contributed by atoms with Gasteiger partial charge in [-0.1, -0.05) is 30.3 Å². The highest BCUT2D eigenvalue weighted by Crippen LogP contribution is 2.40. The molecule has 1 aliphatic rings. The number of methoxy groups -OCH3 is 1. The molecule has 3 N–H and O–H groups in total. The molecule has 0 fully saturated rings. The number of esters is 1. The zero-order valence-electron chi connectivity index (χ0n) is 18.5. The molecule has 10 nitrogen and oxygen atoms in total. The number of fused-ring (bicyclic) bond motifs is 1. The molecule has 2 heterocycles. The van der Waals surface area contributed by atoms with Crippen molar-refractivity contribution in [2.24, 2.45) is 0 Å². The fourth-order valence-corrected chi connectivity index (χ4v) is 6.39. The second-order valence-corrected chi connectivity index (χ2v) is 10.6. The molecule has 0 saturated carbocycles. The van der Waals surface area contributed by atoms with Crippen LogP contribution in [0.3, 0.4) is 0 Å². The summed E-state index contributed by atoms with van der Waals surface area (Å²) in [6.45, 7) is -0.264. The van der Waals surface area contributed by atoms with Gasteiger partial charge in [0.1, 0.15) is 29.4 Å². The van der Waals surface area contributed by atoms with E-state index in [0.29, 0.717) is 11.3 Å². The van der Waals surface area contributed by atoms with E-state index in [-0.39, 0.29) is 27.8 Å². The largest absolute Gasteiger partial charge is 0.497 e. The summed E-state index contributed by atoms with van der Waals surface area (Å²) in [6.07, 6.45) is -1.63. The second-order valence-electron chi connectivity index (χ2n) is 7.65. The van der Waals surface area contributed by atoms with E-state index in [4.69, 9.17) is 9.47 Å². The average molecular weight is 519 g/mol. The van der Waals surface area contributed by atoms with Crippen molar-refractivity contribution in [2.45, 2.75) is 30.2 Å². The van der Waals surface area contributed by atoms with Crippen LogP contribution in [-0.2, 0) is 32.7 Å². The van der Waals surface area contributed by atoms with Gasteiger partial charge in [-0.2, -0.15) is 4.31 Å². The van der Waals surface area contributed by atoms with Crippen LogP contribution in [0.25, 0.3) is 0 Å². The third-order valence-corrected chi connectivity index (χ3v) is 8.57. The summed E-state index contributed by atoms with van der Waals surface area (Å²) < 4.78 is 38.0. The van der Waals surface area contributed by atoms with Crippen molar-refractivity contribution in [3.8, 4) is 5.75 Å². The third kappa shape index (κ3) is 4.92. The molecule has 35 heavy (non-hydrogen) atoms. The summed E-state index contributed by atoms with van der Waals surface area (Å²) >= 11 is 0.908. The van der Waals surface area contributed by atoms with Gasteiger partial charge >= 0.3 is 5.97 Å². The predicted molar refractivity (Wildman–Crippen MR) is 124 cm³/mol. The van der Waals surface area contributed by atoms with Gasteiger partial charge in [-0.3, -0.25) is 10.0 Å². The highest BCUT2D eigenvalue weighted by Gasteiger charge is 2.46. The average Bonchev–Trinajstić information content (AvgIpc) is 3.32. The number of hydroxylamine groups is 1. The van der Waals surface area contributed by atoms with Crippen molar-refractivity contribution >= 4 is 33.2 Å². The van der Waals surface area contributed by atoms with Crippen LogP contribution in [0.1, 0.15) is 31.8 Å². The van der Waals surface area contributed by atoms with E-state index in [9.17, 15) is 28.3 Å². The number of aliphatic hydroxyl groups is 1. The summed E-state index contributed by atoms with van der Waals surface area (Å²) in [5, 5.41) is 20.2. The number of nitrogens with one attached hydrogen (secondary N) is 1. The van der Waals surface area contributed by atoms with E-state index in [1.54, 1.807) is 12.1 Å². The maximum absolute atomic E-state index is 13.4. The lowest BCUT2D eigenvalue weighted by molar-refractivity contribution is -0.137. The van der Waals surface area contributed by atoms with Crippen LogP contribution in [0.5, 0.6) is 5.75 Å². The molecule has 12 heteroatoms. The van der Waals surface area contributed by atoms with Crippen molar-refractivity contribution < 1.29 is 37.8 Å². The molecule has 2 atom stereocenters. The fraction of sp³-hybridized carbons (Fsp3) is 0.217. The normalized spacial score (nSPS) is 17.9. The molecule has 2 unspecified atom stereocenters. The lowest BCUT2D eigenvalue weighted by Gasteiger charge is -2.36. The first-order valence-corrected chi connectivity index (χ1v) is 12.6. The summed E-state index contributed by atoms with van der Waals surface area (Å²) in [4.78, 5) is 25.3. The molecule has 1 aromatic heterocycles. The molecule has 0 radical (unpaired) electrons. The Balaban J connectivity index is 1.64. The number of aliphatic hydroxyl groups excluding tert-OH is 1. The monoisotopic (exact) mass is 518 g/mol. The van der Waals surface area contributed by atoms with Gasteiger partial charge < -0.3 is 14.6 Å². The number of thiophene rings is 1. The van der Waals surface area contributed by atoms with E-state index >= 15 is 0 Å². The molecule has 0 aliphatic carbocycles. The Hall–Kier alpha value is -3.29. The van der Waals surface area contributed by atoms with Crippen molar-refractivity contribution in [2.75, 3.05) is 7.11 Å². The topological polar surface area (TPSA) is 142 Å². The minimum absolute atomic E-state index is 0.0400. The number of hydrogen-bond donors (Lipinski definition) is 3. The van der Waals surface area contributed by atoms with E-state index in [2.05, 4.69) is 0 Å². The highest BCUT2D eigenvalue weighted by atomic mass is 32.2. The minimum Gasteiger partial charge on any atom is -0.497 e. The van der Waals surface area contributed by atoms with Gasteiger partial charge in [0.2, 0.25) is 10.0 Å². The van der Waals surface area contributed by atoms with Crippen LogP contribution in [0.4, 0.5) is 0 Å². The molecule has 184 valence electrons. The number of carbonyl (C=O) groups excluding carboxylic acids is 2. The van der Waals surface area contributed by atoms with Crippen LogP contribution >= 0.6 is 11.3 Å². The van der Waals surface area contributed by atoms with Crippen molar-refractivity contribution in [3.05, 3.63) is 81.5 Å². The molecule has 2 aromatic carbocycles. The minimum atomic E-state index is -4.29. The summed E-state index contributed by atoms with van der Waals surface area (Å²) in [5.74, 6) is -1.32. The smallest absolute Gasteiger partial charge is 0.348 e. The first kappa shape index (κ1) is 24.8. The standard InChI is InChI=1S/C23H22N2O8S2/c1-32-16-7-9-17(10-8-16)35(30,31)25-12-15-11-18(23(28)33-13-14-5-3-2-4-6-14)34-21(15)20(26)19(25)22(27)24-29/h2-11,19-20,26,29H,12-13H2,1H3,(H,24,27). The van der Waals surface area contributed by atoms with Crippen molar-refractivity contribution in [3.63, 3.8) is 0 Å². The van der Waals surface area contributed by atoms with Gasteiger partial charge in [0, 0.05) is 11.4 Å². The Morgan fingerprint density at radius 3 is 2.46 bits per heavy atom. The van der Waals surface area contributed by atoms with E-state index in [1.165, 1.54) is 42.9 Å². The summed E-state index contributed by atoms with van der Waals surface area (Å²) in [5.41, 5.74) is 2.57. The Morgan fingerprint density at radius 2 is 1.83 bits per heavy atom. The van der Waals surface area contributed by atoms with Crippen molar-refractivity contribution in [1.29, 1.82) is 0 Å². The lowest BCUT2D eigenvalue weighted by atomic mass is 10.0. The Kier molecular flexibility index (Phi) is 7.19. The number of amides is 1. The molecular formula is C23H22N2O8S2. The second kappa shape index (κ2) is 10.1. The first-order chi connectivity index (χ1) is 16.8. The van der Waals surface area contributed by atoms with Crippen molar-refractivity contribution in [1.82, 2.24) is 9.79 Å². The van der Waals surface area contributed by atoms with Crippen LogP contribution in [0.2, 0.25) is 0 Å². The molecule has 1 amide bonds. The third-order valence-electron chi connectivity index (χ3n) is 5.50. The molecule has 0 saturated heterocycles. The predicted octanol–water partition coefficient (Wildman–Crippen LogP) is 2.23. The van der Waals surface area contributed by atoms with Crippen LogP contribution in [0.15, 0.2) is 65.6 Å². The Labute approximate surface area is 205 Å². The number of sulfonamides is 1. The molecule has 1 aliphatic heterocycles. The van der Waals surface area contributed by atoms with Gasteiger partial charge in [-0.15, -0.1) is 11.3 Å². The molecule has 3 aromatic rings. The number of carbonyl (C=O) groups is 2. The van der Waals surface area contributed by atoms with Gasteiger partial charge in [-0.05, 0) is 41.5 Å². The maximum atomic E-state index is 13.4. The SMILES string of the molecule is COc1ccc(S(=O)(=O)N2Cc3cc(C(=O)OCc4ccccc4)sc3C(O)C2C(=O)NO)cc1. The zero-order valence-corrected chi connectivity index (χ0v) is 20.1. The molecular weight excluding hydrogens is 496 g/mol. The van der Waals surface area contributed by atoms with E-state index in [0.717, 1.165) is 21.2 Å². The van der Waals surface area contributed by atoms with Gasteiger partial charge in [0.15, 0.2) is 0 Å². The Morgan fingerprint density at radius 1 is 1.14 bits per heavy atom. The zero-order chi connectivity index (χ0) is 25.2. The lowest BCUT2D eigenvalue weighted by Crippen LogP contribution is -2.53.